The SMILES string of the molecule is COC(=O)c1c(C)c(C(=O)C(C)N(Cc2cccnc2)C(=O)c2cccc(F)c2)c(C)n1C. The number of carbonyl (C=O) groups is 3. The molecule has 0 spiro atoms. The predicted molar refractivity (Wildman–Crippen MR) is 121 cm³/mol. The fourth-order valence-corrected chi connectivity index (χ4v) is 3.94. The highest BCUT2D eigenvalue weighted by atomic mass is 19.1. The lowest BCUT2D eigenvalue weighted by atomic mass is 9.98. The summed E-state index contributed by atoms with van der Waals surface area (Å²) in [6.07, 6.45) is 3.22. The molecule has 0 aliphatic rings. The lowest BCUT2D eigenvalue weighted by Crippen LogP contribution is -2.43. The Labute approximate surface area is 191 Å². The van der Waals surface area contributed by atoms with Gasteiger partial charge in [0.05, 0.1) is 13.2 Å². The molecule has 2 aromatic heterocycles. The van der Waals surface area contributed by atoms with Crippen molar-refractivity contribution in [2.24, 2.45) is 7.05 Å². The first kappa shape index (κ1) is 23.8. The molecule has 0 saturated heterocycles. The quantitative estimate of drug-likeness (QED) is 0.402. The van der Waals surface area contributed by atoms with Gasteiger partial charge in [0.25, 0.3) is 5.91 Å². The summed E-state index contributed by atoms with van der Waals surface area (Å²) in [5.74, 6) is -1.91. The number of hydrogen-bond acceptors (Lipinski definition) is 5. The van der Waals surface area contributed by atoms with Gasteiger partial charge in [-0.1, -0.05) is 12.1 Å². The minimum absolute atomic E-state index is 0.102. The topological polar surface area (TPSA) is 81.5 Å². The molecular weight excluding hydrogens is 425 g/mol. The monoisotopic (exact) mass is 451 g/mol. The van der Waals surface area contributed by atoms with Crippen molar-refractivity contribution < 1.29 is 23.5 Å². The molecule has 0 aliphatic heterocycles. The van der Waals surface area contributed by atoms with Gasteiger partial charge in [-0.05, 0) is 56.2 Å². The van der Waals surface area contributed by atoms with Crippen LogP contribution in [0.2, 0.25) is 0 Å². The van der Waals surface area contributed by atoms with Crippen LogP contribution in [0.5, 0.6) is 0 Å². The van der Waals surface area contributed by atoms with E-state index in [-0.39, 0.29) is 23.6 Å². The Morgan fingerprint density at radius 1 is 1.18 bits per heavy atom. The van der Waals surface area contributed by atoms with Crippen LogP contribution in [0.3, 0.4) is 0 Å². The molecule has 2 heterocycles. The van der Waals surface area contributed by atoms with Crippen LogP contribution in [0.1, 0.15) is 54.9 Å². The molecule has 7 nitrogen and oxygen atoms in total. The average Bonchev–Trinajstić information content (AvgIpc) is 3.04. The smallest absolute Gasteiger partial charge is 0.354 e. The number of benzene rings is 1. The molecule has 0 saturated carbocycles. The third-order valence-electron chi connectivity index (χ3n) is 5.81. The minimum Gasteiger partial charge on any atom is -0.464 e. The second-order valence-electron chi connectivity index (χ2n) is 7.83. The van der Waals surface area contributed by atoms with E-state index >= 15 is 0 Å². The molecule has 1 amide bonds. The van der Waals surface area contributed by atoms with E-state index in [0.717, 1.165) is 11.6 Å². The number of esters is 1. The fourth-order valence-electron chi connectivity index (χ4n) is 3.94. The van der Waals surface area contributed by atoms with Crippen LogP contribution < -0.4 is 0 Å². The number of nitrogens with zero attached hydrogens (tertiary/aromatic N) is 3. The van der Waals surface area contributed by atoms with E-state index in [9.17, 15) is 18.8 Å². The third kappa shape index (κ3) is 4.69. The van der Waals surface area contributed by atoms with Crippen molar-refractivity contribution in [3.05, 3.63) is 88.3 Å². The number of amides is 1. The van der Waals surface area contributed by atoms with Gasteiger partial charge in [0.2, 0.25) is 0 Å². The first-order valence-electron chi connectivity index (χ1n) is 10.4. The maximum Gasteiger partial charge on any atom is 0.354 e. The van der Waals surface area contributed by atoms with Gasteiger partial charge in [0.15, 0.2) is 5.78 Å². The molecule has 8 heteroatoms. The number of Topliss-reactive ketones (excluding diaryl/α,β-unsaturated/α-hetero) is 1. The summed E-state index contributed by atoms with van der Waals surface area (Å²) in [5.41, 5.74) is 2.56. The van der Waals surface area contributed by atoms with E-state index in [1.165, 1.54) is 30.2 Å². The molecule has 3 rings (SSSR count). The number of aromatic nitrogens is 2. The van der Waals surface area contributed by atoms with Crippen molar-refractivity contribution in [1.29, 1.82) is 0 Å². The molecule has 0 radical (unpaired) electrons. The second-order valence-corrected chi connectivity index (χ2v) is 7.83. The van der Waals surface area contributed by atoms with Crippen molar-refractivity contribution in [3.8, 4) is 0 Å². The molecule has 1 aromatic carbocycles. The van der Waals surface area contributed by atoms with Gasteiger partial charge in [-0.15, -0.1) is 0 Å². The number of pyridine rings is 1. The van der Waals surface area contributed by atoms with Gasteiger partial charge >= 0.3 is 5.97 Å². The number of methoxy groups -OCH3 is 1. The molecular formula is C25H26FN3O4. The number of carbonyl (C=O) groups excluding carboxylic acids is 3. The number of ether oxygens (including phenoxy) is 1. The van der Waals surface area contributed by atoms with Gasteiger partial charge in [-0.2, -0.15) is 0 Å². The van der Waals surface area contributed by atoms with E-state index in [4.69, 9.17) is 4.74 Å². The highest BCUT2D eigenvalue weighted by molar-refractivity contribution is 6.07. The summed E-state index contributed by atoms with van der Waals surface area (Å²) in [7, 11) is 2.96. The highest BCUT2D eigenvalue weighted by Gasteiger charge is 2.33. The standard InChI is InChI=1S/C25H26FN3O4/c1-15-21(16(2)28(4)22(15)25(32)33-5)23(30)17(3)29(14-18-8-7-11-27-13-18)24(31)19-9-6-10-20(26)12-19/h6-13,17H,14H2,1-5H3. The maximum atomic E-state index is 13.8. The van der Waals surface area contributed by atoms with Crippen molar-refractivity contribution in [3.63, 3.8) is 0 Å². The van der Waals surface area contributed by atoms with Crippen LogP contribution >= 0.6 is 0 Å². The first-order chi connectivity index (χ1) is 15.7. The van der Waals surface area contributed by atoms with Gasteiger partial charge in [0.1, 0.15) is 11.5 Å². The lowest BCUT2D eigenvalue weighted by molar-refractivity contribution is 0.0587. The van der Waals surface area contributed by atoms with Gasteiger partial charge in [-0.3, -0.25) is 14.6 Å². The Bertz CT molecular complexity index is 1200. The Balaban J connectivity index is 2.04. The molecule has 0 N–H and O–H groups in total. The zero-order chi connectivity index (χ0) is 24.3. The summed E-state index contributed by atoms with van der Waals surface area (Å²) in [4.78, 5) is 44.7. The van der Waals surface area contributed by atoms with E-state index in [1.807, 2.05) is 0 Å². The number of hydrogen-bond donors (Lipinski definition) is 0. The summed E-state index contributed by atoms with van der Waals surface area (Å²) < 4.78 is 20.3. The normalized spacial score (nSPS) is 11.7. The van der Waals surface area contributed by atoms with Crippen LogP contribution in [0.15, 0.2) is 48.8 Å². The predicted octanol–water partition coefficient (Wildman–Crippen LogP) is 3.88. The second kappa shape index (κ2) is 9.77. The van der Waals surface area contributed by atoms with Gasteiger partial charge in [-0.25, -0.2) is 9.18 Å². The van der Waals surface area contributed by atoms with Gasteiger partial charge < -0.3 is 14.2 Å². The first-order valence-corrected chi connectivity index (χ1v) is 10.4. The maximum absolute atomic E-state index is 13.8. The lowest BCUT2D eigenvalue weighted by Gasteiger charge is -2.29. The van der Waals surface area contributed by atoms with Crippen molar-refractivity contribution in [2.75, 3.05) is 7.11 Å². The third-order valence-corrected chi connectivity index (χ3v) is 5.81. The zero-order valence-electron chi connectivity index (χ0n) is 19.3. The van der Waals surface area contributed by atoms with E-state index in [2.05, 4.69) is 4.98 Å². The van der Waals surface area contributed by atoms with Crippen LogP contribution in [0.25, 0.3) is 0 Å². The molecule has 1 atom stereocenters. The molecule has 0 fully saturated rings. The van der Waals surface area contributed by atoms with Crippen LogP contribution in [-0.2, 0) is 18.3 Å². The fraction of sp³-hybridized carbons (Fsp3) is 0.280. The van der Waals surface area contributed by atoms with Crippen molar-refractivity contribution in [2.45, 2.75) is 33.4 Å². The van der Waals surface area contributed by atoms with Crippen molar-refractivity contribution >= 4 is 17.7 Å². The number of halogens is 1. The minimum atomic E-state index is -0.897. The number of ketones is 1. The summed E-state index contributed by atoms with van der Waals surface area (Å²) in [5, 5.41) is 0. The Morgan fingerprint density at radius 3 is 2.52 bits per heavy atom. The highest BCUT2D eigenvalue weighted by Crippen LogP contribution is 2.26. The van der Waals surface area contributed by atoms with Crippen molar-refractivity contribution in [1.82, 2.24) is 14.5 Å². The number of rotatable bonds is 7. The van der Waals surface area contributed by atoms with E-state index in [0.29, 0.717) is 16.8 Å². The van der Waals surface area contributed by atoms with Crippen LogP contribution in [-0.4, -0.2) is 45.3 Å². The average molecular weight is 451 g/mol. The van der Waals surface area contributed by atoms with Gasteiger partial charge in [0, 0.05) is 42.8 Å². The Hall–Kier alpha value is -3.81. The largest absolute Gasteiger partial charge is 0.464 e. The Morgan fingerprint density at radius 2 is 1.91 bits per heavy atom. The molecule has 3 aromatic rings. The molecule has 1 unspecified atom stereocenters. The molecule has 0 aliphatic carbocycles. The summed E-state index contributed by atoms with van der Waals surface area (Å²) in [6, 6.07) is 7.99. The van der Waals surface area contributed by atoms with Crippen LogP contribution in [0.4, 0.5) is 4.39 Å². The Kier molecular flexibility index (Phi) is 7.06. The van der Waals surface area contributed by atoms with E-state index in [1.54, 1.807) is 56.9 Å². The molecule has 33 heavy (non-hydrogen) atoms. The van der Waals surface area contributed by atoms with Crippen LogP contribution in [0, 0.1) is 19.7 Å². The zero-order valence-corrected chi connectivity index (χ0v) is 19.3. The summed E-state index contributed by atoms with van der Waals surface area (Å²) in [6.45, 7) is 5.14. The molecule has 0 bridgehead atoms. The van der Waals surface area contributed by atoms with E-state index < -0.39 is 23.7 Å². The molecule has 172 valence electrons. The summed E-state index contributed by atoms with van der Waals surface area (Å²) >= 11 is 0.